The molecule has 0 saturated carbocycles. The van der Waals surface area contributed by atoms with Gasteiger partial charge >= 0.3 is 0 Å². The summed E-state index contributed by atoms with van der Waals surface area (Å²) < 4.78 is 0. The van der Waals surface area contributed by atoms with Crippen molar-refractivity contribution >= 4 is 12.4 Å². The SMILES string of the molecule is [CH2]CC1(N)N=CC=N1. The predicted molar refractivity (Wildman–Crippen MR) is 33.9 cm³/mol. The Hall–Kier alpha value is -0.700. The van der Waals surface area contributed by atoms with Crippen LogP contribution in [0.2, 0.25) is 0 Å². The first-order chi connectivity index (χ1) is 3.77. The highest BCUT2D eigenvalue weighted by molar-refractivity contribution is 6.17. The molecule has 0 spiro atoms. The van der Waals surface area contributed by atoms with Crippen molar-refractivity contribution in [3.8, 4) is 0 Å². The maximum atomic E-state index is 5.50. The van der Waals surface area contributed by atoms with Gasteiger partial charge in [0, 0.05) is 18.9 Å². The molecule has 0 bridgehead atoms. The van der Waals surface area contributed by atoms with Crippen LogP contribution in [-0.2, 0) is 0 Å². The van der Waals surface area contributed by atoms with Gasteiger partial charge in [-0.25, -0.2) is 9.98 Å². The van der Waals surface area contributed by atoms with E-state index in [9.17, 15) is 0 Å². The second-order valence-corrected chi connectivity index (χ2v) is 1.68. The van der Waals surface area contributed by atoms with Crippen LogP contribution >= 0.6 is 0 Å². The van der Waals surface area contributed by atoms with Gasteiger partial charge in [-0.1, -0.05) is 0 Å². The first kappa shape index (κ1) is 5.44. The van der Waals surface area contributed by atoms with Gasteiger partial charge in [0.1, 0.15) is 0 Å². The number of aliphatic imine (C=N–C) groups is 2. The minimum atomic E-state index is -0.736. The molecule has 1 rings (SSSR count). The maximum Gasteiger partial charge on any atom is 0.201 e. The number of nitrogens with two attached hydrogens (primary N) is 1. The van der Waals surface area contributed by atoms with Crippen molar-refractivity contribution in [2.45, 2.75) is 12.2 Å². The molecule has 0 saturated heterocycles. The molecule has 43 valence electrons. The van der Waals surface area contributed by atoms with Crippen LogP contribution in [0.25, 0.3) is 0 Å². The molecule has 0 aliphatic carbocycles. The van der Waals surface area contributed by atoms with E-state index in [1.54, 1.807) is 12.4 Å². The molecule has 3 nitrogen and oxygen atoms in total. The summed E-state index contributed by atoms with van der Waals surface area (Å²) in [7, 11) is 0. The van der Waals surface area contributed by atoms with E-state index in [1.807, 2.05) is 0 Å². The van der Waals surface area contributed by atoms with E-state index in [0.29, 0.717) is 6.42 Å². The van der Waals surface area contributed by atoms with Gasteiger partial charge in [0.2, 0.25) is 5.79 Å². The molecule has 1 radical (unpaired) electrons. The minimum absolute atomic E-state index is 0.514. The Morgan fingerprint density at radius 3 is 2.25 bits per heavy atom. The van der Waals surface area contributed by atoms with E-state index in [4.69, 9.17) is 5.73 Å². The van der Waals surface area contributed by atoms with E-state index in [0.717, 1.165) is 0 Å². The maximum absolute atomic E-state index is 5.50. The summed E-state index contributed by atoms with van der Waals surface area (Å²) in [4.78, 5) is 7.71. The molecule has 0 atom stereocenters. The highest BCUT2D eigenvalue weighted by Gasteiger charge is 2.19. The molecule has 1 heterocycles. The lowest BCUT2D eigenvalue weighted by atomic mass is 10.3. The topological polar surface area (TPSA) is 50.7 Å². The van der Waals surface area contributed by atoms with Gasteiger partial charge in [0.15, 0.2) is 0 Å². The monoisotopic (exact) mass is 110 g/mol. The Bertz CT molecular complexity index is 125. The largest absolute Gasteiger partial charge is 0.288 e. The van der Waals surface area contributed by atoms with Crippen LogP contribution in [0.4, 0.5) is 0 Å². The molecule has 0 aromatic rings. The van der Waals surface area contributed by atoms with Crippen LogP contribution in [-0.4, -0.2) is 18.2 Å². The molecule has 0 fully saturated rings. The first-order valence-corrected chi connectivity index (χ1v) is 2.44. The zero-order valence-corrected chi connectivity index (χ0v) is 4.54. The summed E-state index contributed by atoms with van der Waals surface area (Å²) in [6.45, 7) is 3.59. The standard InChI is InChI=1S/C5H8N3/c1-2-5(6)7-3-4-8-5/h3-4H,1-2,6H2. The van der Waals surface area contributed by atoms with Crippen molar-refractivity contribution in [3.63, 3.8) is 0 Å². The third-order valence-corrected chi connectivity index (χ3v) is 1.03. The molecular weight excluding hydrogens is 102 g/mol. The molecule has 8 heavy (non-hydrogen) atoms. The van der Waals surface area contributed by atoms with E-state index >= 15 is 0 Å². The molecule has 0 unspecified atom stereocenters. The van der Waals surface area contributed by atoms with Crippen LogP contribution in [0.1, 0.15) is 6.42 Å². The second-order valence-electron chi connectivity index (χ2n) is 1.68. The Labute approximate surface area is 48.3 Å². The Kier molecular flexibility index (Phi) is 1.13. The summed E-state index contributed by atoms with van der Waals surface area (Å²) in [6.07, 6.45) is 3.69. The van der Waals surface area contributed by atoms with Gasteiger partial charge < -0.3 is 0 Å². The number of rotatable bonds is 1. The van der Waals surface area contributed by atoms with Gasteiger partial charge in [-0.15, -0.1) is 0 Å². The third kappa shape index (κ3) is 0.767. The zero-order valence-electron chi connectivity index (χ0n) is 4.54. The van der Waals surface area contributed by atoms with Crippen LogP contribution in [0.5, 0.6) is 0 Å². The van der Waals surface area contributed by atoms with Crippen LogP contribution in [0.3, 0.4) is 0 Å². The Balaban J connectivity index is 2.69. The van der Waals surface area contributed by atoms with E-state index in [1.165, 1.54) is 0 Å². The summed E-state index contributed by atoms with van der Waals surface area (Å²) in [5.74, 6) is -0.736. The van der Waals surface area contributed by atoms with Gasteiger partial charge in [-0.2, -0.15) is 0 Å². The Morgan fingerprint density at radius 1 is 1.50 bits per heavy atom. The average molecular weight is 110 g/mol. The van der Waals surface area contributed by atoms with Gasteiger partial charge in [0.25, 0.3) is 0 Å². The van der Waals surface area contributed by atoms with Crippen molar-refractivity contribution in [2.75, 3.05) is 0 Å². The predicted octanol–water partition coefficient (Wildman–Crippen LogP) is -0.0217. The van der Waals surface area contributed by atoms with Crippen molar-refractivity contribution in [1.82, 2.24) is 0 Å². The zero-order chi connectivity index (χ0) is 6.04. The lowest BCUT2D eigenvalue weighted by Crippen LogP contribution is -2.32. The lowest BCUT2D eigenvalue weighted by Gasteiger charge is -2.12. The number of nitrogens with zero attached hydrogens (tertiary/aromatic N) is 2. The highest BCUT2D eigenvalue weighted by Crippen LogP contribution is 2.10. The summed E-state index contributed by atoms with van der Waals surface area (Å²) in [5, 5.41) is 0. The minimum Gasteiger partial charge on any atom is -0.288 e. The quantitative estimate of drug-likeness (QED) is 0.506. The second kappa shape index (κ2) is 1.67. The van der Waals surface area contributed by atoms with Crippen LogP contribution in [0.15, 0.2) is 9.98 Å². The van der Waals surface area contributed by atoms with Crippen molar-refractivity contribution in [2.24, 2.45) is 15.7 Å². The van der Waals surface area contributed by atoms with Crippen molar-refractivity contribution in [3.05, 3.63) is 6.92 Å². The van der Waals surface area contributed by atoms with Gasteiger partial charge in [0.05, 0.1) is 0 Å². The fourth-order valence-electron chi connectivity index (χ4n) is 0.487. The molecule has 1 aliphatic rings. The van der Waals surface area contributed by atoms with E-state index < -0.39 is 5.79 Å². The number of hydrogen-bond donors (Lipinski definition) is 1. The summed E-state index contributed by atoms with van der Waals surface area (Å²) >= 11 is 0. The van der Waals surface area contributed by atoms with Gasteiger partial charge in [-0.05, 0) is 6.92 Å². The molecular formula is C5H8N3. The Morgan fingerprint density at radius 2 is 2.00 bits per heavy atom. The molecule has 0 amide bonds. The fourth-order valence-corrected chi connectivity index (χ4v) is 0.487. The molecule has 1 aliphatic heterocycles. The molecule has 2 N–H and O–H groups in total. The fraction of sp³-hybridized carbons (Fsp3) is 0.400. The summed E-state index contributed by atoms with van der Waals surface area (Å²) in [6, 6.07) is 0. The molecule has 0 aromatic heterocycles. The molecule has 3 heteroatoms. The van der Waals surface area contributed by atoms with Crippen LogP contribution in [0, 0.1) is 6.92 Å². The number of hydrogen-bond acceptors (Lipinski definition) is 3. The molecule has 0 aromatic carbocycles. The highest BCUT2D eigenvalue weighted by atomic mass is 15.2. The van der Waals surface area contributed by atoms with Crippen LogP contribution < -0.4 is 5.73 Å². The van der Waals surface area contributed by atoms with E-state index in [2.05, 4.69) is 16.9 Å². The normalized spacial score (nSPS) is 22.2. The van der Waals surface area contributed by atoms with E-state index in [-0.39, 0.29) is 0 Å². The summed E-state index contributed by atoms with van der Waals surface area (Å²) in [5.41, 5.74) is 5.50. The first-order valence-electron chi connectivity index (χ1n) is 2.44. The smallest absolute Gasteiger partial charge is 0.201 e. The lowest BCUT2D eigenvalue weighted by molar-refractivity contribution is 0.486. The van der Waals surface area contributed by atoms with Gasteiger partial charge in [-0.3, -0.25) is 5.73 Å². The average Bonchev–Trinajstić information content (AvgIpc) is 2.17. The third-order valence-electron chi connectivity index (χ3n) is 1.03. The van der Waals surface area contributed by atoms with Crippen molar-refractivity contribution < 1.29 is 0 Å². The van der Waals surface area contributed by atoms with Crippen molar-refractivity contribution in [1.29, 1.82) is 0 Å².